The SMILES string of the molecule is CN.O=C(O)CCC(O)COS(=O)(=O)O. The van der Waals surface area contributed by atoms with E-state index in [1.54, 1.807) is 0 Å². The normalized spacial score (nSPS) is 12.5. The summed E-state index contributed by atoms with van der Waals surface area (Å²) in [6.07, 6.45) is -1.65. The van der Waals surface area contributed by atoms with Gasteiger partial charge in [0.25, 0.3) is 0 Å². The number of aliphatic hydroxyl groups is 1. The molecule has 0 spiro atoms. The number of hydrogen-bond donors (Lipinski definition) is 4. The van der Waals surface area contributed by atoms with Crippen LogP contribution in [0.4, 0.5) is 0 Å². The molecule has 0 aliphatic carbocycles. The zero-order chi connectivity index (χ0) is 12.5. The summed E-state index contributed by atoms with van der Waals surface area (Å²) in [5.74, 6) is -1.11. The van der Waals surface area contributed by atoms with E-state index in [2.05, 4.69) is 9.92 Å². The van der Waals surface area contributed by atoms with Gasteiger partial charge in [0, 0.05) is 6.42 Å². The molecule has 0 rings (SSSR count). The first-order chi connectivity index (χ1) is 6.81. The number of aliphatic hydroxyl groups excluding tert-OH is 1. The van der Waals surface area contributed by atoms with Gasteiger partial charge in [-0.1, -0.05) is 0 Å². The molecule has 0 heterocycles. The molecule has 0 aromatic carbocycles. The minimum absolute atomic E-state index is 0.134. The summed E-state index contributed by atoms with van der Waals surface area (Å²) >= 11 is 0. The Morgan fingerprint density at radius 2 is 1.93 bits per heavy atom. The topological polar surface area (TPSA) is 147 Å². The second kappa shape index (κ2) is 8.56. The molecule has 15 heavy (non-hydrogen) atoms. The number of carbonyl (C=O) groups is 1. The van der Waals surface area contributed by atoms with Crippen molar-refractivity contribution in [3.05, 3.63) is 0 Å². The Morgan fingerprint density at radius 3 is 2.27 bits per heavy atom. The van der Waals surface area contributed by atoms with Gasteiger partial charge in [-0.15, -0.1) is 0 Å². The van der Waals surface area contributed by atoms with Crippen LogP contribution in [0.5, 0.6) is 0 Å². The van der Waals surface area contributed by atoms with E-state index >= 15 is 0 Å². The maximum Gasteiger partial charge on any atom is 0.397 e. The number of nitrogens with two attached hydrogens (primary N) is 1. The van der Waals surface area contributed by atoms with Crippen molar-refractivity contribution in [1.82, 2.24) is 0 Å². The van der Waals surface area contributed by atoms with Gasteiger partial charge in [-0.25, -0.2) is 4.18 Å². The van der Waals surface area contributed by atoms with Gasteiger partial charge in [0.15, 0.2) is 0 Å². The van der Waals surface area contributed by atoms with Crippen molar-refractivity contribution < 1.29 is 32.2 Å². The van der Waals surface area contributed by atoms with Crippen LogP contribution >= 0.6 is 0 Å². The standard InChI is InChI=1S/C5H10O7S.CH5N/c6-4(1-2-5(7)8)3-12-13(9,10)11;1-2/h4,6H,1-3H2,(H,7,8)(H,9,10,11);2H2,1H3. The van der Waals surface area contributed by atoms with Crippen LogP contribution in [0.15, 0.2) is 0 Å². The average molecular weight is 245 g/mol. The van der Waals surface area contributed by atoms with Gasteiger partial charge in [0.2, 0.25) is 0 Å². The summed E-state index contributed by atoms with van der Waals surface area (Å²) in [7, 11) is -3.07. The van der Waals surface area contributed by atoms with Crippen LogP contribution in [-0.2, 0) is 19.4 Å². The highest BCUT2D eigenvalue weighted by atomic mass is 32.3. The third-order valence-corrected chi connectivity index (χ3v) is 1.53. The van der Waals surface area contributed by atoms with Crippen LogP contribution in [0.1, 0.15) is 12.8 Å². The summed E-state index contributed by atoms with van der Waals surface area (Å²) in [5, 5.41) is 17.1. The van der Waals surface area contributed by atoms with Crippen molar-refractivity contribution in [2.75, 3.05) is 13.7 Å². The molecule has 5 N–H and O–H groups in total. The lowest BCUT2D eigenvalue weighted by Crippen LogP contribution is -2.19. The van der Waals surface area contributed by atoms with Crippen molar-refractivity contribution in [2.45, 2.75) is 18.9 Å². The molecule has 0 fully saturated rings. The molecular weight excluding hydrogens is 230 g/mol. The molecule has 1 unspecified atom stereocenters. The van der Waals surface area contributed by atoms with E-state index in [1.165, 1.54) is 7.05 Å². The molecule has 0 aromatic heterocycles. The first-order valence-electron chi connectivity index (χ1n) is 3.90. The van der Waals surface area contributed by atoms with Crippen molar-refractivity contribution >= 4 is 16.4 Å². The molecule has 0 amide bonds. The number of hydrogen-bond acceptors (Lipinski definition) is 6. The maximum absolute atomic E-state index is 9.99. The van der Waals surface area contributed by atoms with Crippen LogP contribution in [-0.4, -0.2) is 48.9 Å². The molecule has 0 aliphatic heterocycles. The number of aliphatic carboxylic acids is 1. The molecule has 1 atom stereocenters. The zero-order valence-electron chi connectivity index (χ0n) is 8.16. The number of carboxylic acid groups (broad SMARTS) is 1. The molecule has 0 aromatic rings. The Balaban J connectivity index is 0. The molecule has 8 nitrogen and oxygen atoms in total. The van der Waals surface area contributed by atoms with E-state index in [-0.39, 0.29) is 12.8 Å². The minimum atomic E-state index is -4.57. The molecule has 92 valence electrons. The quantitative estimate of drug-likeness (QED) is 0.418. The Kier molecular flexibility index (Phi) is 9.52. The van der Waals surface area contributed by atoms with E-state index in [0.29, 0.717) is 0 Å². The first kappa shape index (κ1) is 16.7. The first-order valence-corrected chi connectivity index (χ1v) is 5.27. The van der Waals surface area contributed by atoms with E-state index in [1.807, 2.05) is 0 Å². The lowest BCUT2D eigenvalue weighted by Gasteiger charge is -2.06. The highest BCUT2D eigenvalue weighted by molar-refractivity contribution is 7.80. The molecule has 0 saturated heterocycles. The van der Waals surface area contributed by atoms with E-state index in [9.17, 15) is 13.2 Å². The molecule has 9 heteroatoms. The third kappa shape index (κ3) is 16.0. The lowest BCUT2D eigenvalue weighted by atomic mass is 10.2. The fourth-order valence-electron chi connectivity index (χ4n) is 0.538. The van der Waals surface area contributed by atoms with Crippen molar-refractivity contribution in [1.29, 1.82) is 0 Å². The minimum Gasteiger partial charge on any atom is -0.481 e. The number of rotatable bonds is 6. The molecule has 0 saturated carbocycles. The monoisotopic (exact) mass is 245 g/mol. The molecule has 0 aliphatic rings. The molecular formula is C6H15NO7S. The zero-order valence-corrected chi connectivity index (χ0v) is 8.98. The van der Waals surface area contributed by atoms with Gasteiger partial charge >= 0.3 is 16.4 Å². The van der Waals surface area contributed by atoms with Gasteiger partial charge in [0.05, 0.1) is 12.7 Å². The van der Waals surface area contributed by atoms with Gasteiger partial charge in [-0.3, -0.25) is 9.35 Å². The van der Waals surface area contributed by atoms with Gasteiger partial charge < -0.3 is 15.9 Å². The fourth-order valence-corrected chi connectivity index (χ4v) is 0.867. The smallest absolute Gasteiger partial charge is 0.397 e. The van der Waals surface area contributed by atoms with Crippen LogP contribution in [0.25, 0.3) is 0 Å². The van der Waals surface area contributed by atoms with Crippen molar-refractivity contribution in [3.8, 4) is 0 Å². The Morgan fingerprint density at radius 1 is 1.47 bits per heavy atom. The largest absolute Gasteiger partial charge is 0.481 e. The fraction of sp³-hybridized carbons (Fsp3) is 0.833. The molecule has 0 bridgehead atoms. The Labute approximate surface area is 87.6 Å². The summed E-state index contributed by atoms with van der Waals surface area (Å²) in [5.41, 5.74) is 4.50. The third-order valence-electron chi connectivity index (χ3n) is 1.10. The lowest BCUT2D eigenvalue weighted by molar-refractivity contribution is -0.137. The van der Waals surface area contributed by atoms with Crippen molar-refractivity contribution in [3.63, 3.8) is 0 Å². The van der Waals surface area contributed by atoms with Crippen LogP contribution in [0.2, 0.25) is 0 Å². The molecule has 0 radical (unpaired) electrons. The van der Waals surface area contributed by atoms with Crippen LogP contribution in [0, 0.1) is 0 Å². The summed E-state index contributed by atoms with van der Waals surface area (Å²) < 4.78 is 31.8. The van der Waals surface area contributed by atoms with E-state index in [4.69, 9.17) is 14.8 Å². The van der Waals surface area contributed by atoms with Gasteiger partial charge in [-0.05, 0) is 13.5 Å². The highest BCUT2D eigenvalue weighted by Crippen LogP contribution is 1.99. The van der Waals surface area contributed by atoms with Gasteiger partial charge in [0.1, 0.15) is 0 Å². The predicted molar refractivity (Wildman–Crippen MR) is 50.5 cm³/mol. The maximum atomic E-state index is 9.99. The highest BCUT2D eigenvalue weighted by Gasteiger charge is 2.11. The summed E-state index contributed by atoms with van der Waals surface area (Å²) in [6.45, 7) is -0.647. The second-order valence-corrected chi connectivity index (χ2v) is 3.39. The Hall–Kier alpha value is -0.740. The van der Waals surface area contributed by atoms with Crippen molar-refractivity contribution in [2.24, 2.45) is 5.73 Å². The van der Waals surface area contributed by atoms with E-state index < -0.39 is 29.1 Å². The van der Waals surface area contributed by atoms with Crippen LogP contribution in [0.3, 0.4) is 0 Å². The predicted octanol–water partition coefficient (Wildman–Crippen LogP) is -1.39. The van der Waals surface area contributed by atoms with Crippen LogP contribution < -0.4 is 5.73 Å². The average Bonchev–Trinajstić information content (AvgIpc) is 2.13. The van der Waals surface area contributed by atoms with Gasteiger partial charge in [-0.2, -0.15) is 8.42 Å². The second-order valence-electron chi connectivity index (χ2n) is 2.30. The van der Waals surface area contributed by atoms with E-state index in [0.717, 1.165) is 0 Å². The summed E-state index contributed by atoms with van der Waals surface area (Å²) in [6, 6.07) is 0. The number of carboxylic acids is 1. The summed E-state index contributed by atoms with van der Waals surface area (Å²) in [4.78, 5) is 9.99. The Bertz CT molecular complexity index is 263.